The summed E-state index contributed by atoms with van der Waals surface area (Å²) in [6.45, 7) is 2.46. The van der Waals surface area contributed by atoms with Gasteiger partial charge in [0.2, 0.25) is 0 Å². The minimum atomic E-state index is -3.37. The Morgan fingerprint density at radius 1 is 1.45 bits per heavy atom. The van der Waals surface area contributed by atoms with Crippen LogP contribution in [0.3, 0.4) is 0 Å². The molecule has 1 aliphatic heterocycles. The Labute approximate surface area is 128 Å². The molecule has 1 saturated carbocycles. The molecule has 8 heteroatoms. The summed E-state index contributed by atoms with van der Waals surface area (Å²) >= 11 is 0. The largest absolute Gasteiger partial charge is 0.383 e. The highest BCUT2D eigenvalue weighted by molar-refractivity contribution is 7.87. The molecule has 2 aliphatic rings. The summed E-state index contributed by atoms with van der Waals surface area (Å²) in [5.41, 5.74) is -0.248. The van der Waals surface area contributed by atoms with Crippen molar-refractivity contribution in [3.05, 3.63) is 0 Å². The monoisotopic (exact) mass is 327 g/mol. The van der Waals surface area contributed by atoms with E-state index in [1.165, 1.54) is 4.31 Å². The molecule has 1 heterocycles. The molecule has 20 heavy (non-hydrogen) atoms. The third kappa shape index (κ3) is 4.82. The van der Waals surface area contributed by atoms with Crippen LogP contribution in [-0.2, 0) is 14.9 Å². The van der Waals surface area contributed by atoms with E-state index < -0.39 is 10.2 Å². The van der Waals surface area contributed by atoms with Gasteiger partial charge in [-0.3, -0.25) is 0 Å². The van der Waals surface area contributed by atoms with Gasteiger partial charge in [-0.15, -0.1) is 12.4 Å². The lowest BCUT2D eigenvalue weighted by Gasteiger charge is -2.30. The zero-order valence-electron chi connectivity index (χ0n) is 12.2. The minimum Gasteiger partial charge on any atom is -0.383 e. The van der Waals surface area contributed by atoms with E-state index in [0.717, 1.165) is 32.2 Å². The second-order valence-corrected chi connectivity index (χ2v) is 7.66. The first-order valence-electron chi connectivity index (χ1n) is 6.92. The van der Waals surface area contributed by atoms with Gasteiger partial charge in [0.15, 0.2) is 0 Å². The van der Waals surface area contributed by atoms with E-state index in [9.17, 15) is 8.42 Å². The maximum Gasteiger partial charge on any atom is 0.279 e. The smallest absolute Gasteiger partial charge is 0.279 e. The molecule has 1 aliphatic carbocycles. The van der Waals surface area contributed by atoms with Crippen LogP contribution < -0.4 is 10.0 Å². The quantitative estimate of drug-likeness (QED) is 0.675. The van der Waals surface area contributed by atoms with E-state index in [1.54, 1.807) is 14.2 Å². The molecule has 2 N–H and O–H groups in total. The summed E-state index contributed by atoms with van der Waals surface area (Å²) in [5.74, 6) is 0.555. The molecule has 0 aromatic rings. The highest BCUT2D eigenvalue weighted by Gasteiger charge is 2.36. The number of methoxy groups -OCH3 is 1. The van der Waals surface area contributed by atoms with Crippen LogP contribution in [0.1, 0.15) is 25.7 Å². The van der Waals surface area contributed by atoms with E-state index in [-0.39, 0.29) is 17.9 Å². The van der Waals surface area contributed by atoms with Crippen LogP contribution in [0.2, 0.25) is 0 Å². The van der Waals surface area contributed by atoms with Crippen LogP contribution >= 0.6 is 12.4 Å². The lowest BCUT2D eigenvalue weighted by molar-refractivity contribution is 0.122. The molecule has 1 saturated heterocycles. The molecule has 2 rings (SSSR count). The van der Waals surface area contributed by atoms with Gasteiger partial charge in [-0.25, -0.2) is 4.72 Å². The molecular weight excluding hydrogens is 302 g/mol. The van der Waals surface area contributed by atoms with Gasteiger partial charge in [0.1, 0.15) is 0 Å². The van der Waals surface area contributed by atoms with Gasteiger partial charge in [-0.1, -0.05) is 0 Å². The normalized spacial score (nSPS) is 26.8. The zero-order chi connectivity index (χ0) is 13.9. The molecule has 1 unspecified atom stereocenters. The average Bonchev–Trinajstić information content (AvgIpc) is 3.05. The molecule has 0 aromatic heterocycles. The number of halogens is 1. The predicted molar refractivity (Wildman–Crippen MR) is 81.4 cm³/mol. The molecule has 120 valence electrons. The second-order valence-electron chi connectivity index (χ2n) is 5.79. The minimum absolute atomic E-state index is 0. The Balaban J connectivity index is 0.00000200. The SMILES string of the molecule is COCC1(CNS(=O)(=O)N(C)CC2CC2)CCCN1.Cl. The lowest BCUT2D eigenvalue weighted by Crippen LogP contribution is -2.54. The summed E-state index contributed by atoms with van der Waals surface area (Å²) in [6, 6.07) is 0. The molecule has 0 aromatic carbocycles. The maximum atomic E-state index is 12.1. The van der Waals surface area contributed by atoms with E-state index >= 15 is 0 Å². The molecular formula is C12H26ClN3O3S. The number of nitrogens with one attached hydrogen (secondary N) is 2. The van der Waals surface area contributed by atoms with Gasteiger partial charge < -0.3 is 10.1 Å². The van der Waals surface area contributed by atoms with Crippen LogP contribution in [0, 0.1) is 5.92 Å². The third-order valence-corrected chi connectivity index (χ3v) is 5.45. The van der Waals surface area contributed by atoms with E-state index in [2.05, 4.69) is 10.0 Å². The van der Waals surface area contributed by atoms with Crippen molar-refractivity contribution in [2.75, 3.05) is 40.4 Å². The van der Waals surface area contributed by atoms with Crippen LogP contribution in [0.5, 0.6) is 0 Å². The number of nitrogens with zero attached hydrogens (tertiary/aromatic N) is 1. The Kier molecular flexibility index (Phi) is 6.69. The summed E-state index contributed by atoms with van der Waals surface area (Å²) in [7, 11) is -0.0786. The van der Waals surface area contributed by atoms with Gasteiger partial charge in [-0.05, 0) is 38.1 Å². The number of ether oxygens (including phenoxy) is 1. The van der Waals surface area contributed by atoms with Crippen molar-refractivity contribution in [2.24, 2.45) is 5.92 Å². The first-order valence-corrected chi connectivity index (χ1v) is 8.36. The predicted octanol–water partition coefficient (Wildman–Crippen LogP) is 0.353. The number of rotatable bonds is 8. The van der Waals surface area contributed by atoms with Gasteiger partial charge in [0.05, 0.1) is 12.1 Å². The van der Waals surface area contributed by atoms with Gasteiger partial charge in [-0.2, -0.15) is 12.7 Å². The maximum absolute atomic E-state index is 12.1. The Hall–Kier alpha value is 0.0800. The van der Waals surface area contributed by atoms with Crippen molar-refractivity contribution < 1.29 is 13.2 Å². The highest BCUT2D eigenvalue weighted by atomic mass is 35.5. The van der Waals surface area contributed by atoms with Crippen molar-refractivity contribution in [1.29, 1.82) is 0 Å². The highest BCUT2D eigenvalue weighted by Crippen LogP contribution is 2.29. The van der Waals surface area contributed by atoms with Crippen molar-refractivity contribution in [3.8, 4) is 0 Å². The number of hydrogen-bond acceptors (Lipinski definition) is 4. The summed E-state index contributed by atoms with van der Waals surface area (Å²) in [6.07, 6.45) is 4.29. The fraction of sp³-hybridized carbons (Fsp3) is 1.00. The van der Waals surface area contributed by atoms with E-state index in [1.807, 2.05) is 0 Å². The fourth-order valence-corrected chi connectivity index (χ4v) is 3.66. The lowest BCUT2D eigenvalue weighted by atomic mass is 9.99. The summed E-state index contributed by atoms with van der Waals surface area (Å²) in [4.78, 5) is 0. The topological polar surface area (TPSA) is 70.7 Å². The van der Waals surface area contributed by atoms with Crippen LogP contribution in [-0.4, -0.2) is 58.7 Å². The first kappa shape index (κ1) is 18.1. The van der Waals surface area contributed by atoms with Gasteiger partial charge in [0, 0.05) is 27.2 Å². The van der Waals surface area contributed by atoms with Crippen LogP contribution in [0.4, 0.5) is 0 Å². The summed E-state index contributed by atoms with van der Waals surface area (Å²) < 4.78 is 33.7. The van der Waals surface area contributed by atoms with Crippen molar-refractivity contribution in [1.82, 2.24) is 14.3 Å². The van der Waals surface area contributed by atoms with Crippen molar-refractivity contribution in [2.45, 2.75) is 31.2 Å². The Bertz CT molecular complexity index is 395. The molecule has 1 atom stereocenters. The van der Waals surface area contributed by atoms with Gasteiger partial charge in [0.25, 0.3) is 10.2 Å². The third-order valence-electron chi connectivity index (χ3n) is 3.97. The number of hydrogen-bond donors (Lipinski definition) is 2. The van der Waals surface area contributed by atoms with Crippen LogP contribution in [0.15, 0.2) is 0 Å². The van der Waals surface area contributed by atoms with Crippen molar-refractivity contribution in [3.63, 3.8) is 0 Å². The summed E-state index contributed by atoms with van der Waals surface area (Å²) in [5, 5.41) is 3.37. The molecule has 6 nitrogen and oxygen atoms in total. The van der Waals surface area contributed by atoms with Crippen molar-refractivity contribution >= 4 is 22.6 Å². The van der Waals surface area contributed by atoms with Gasteiger partial charge >= 0.3 is 0 Å². The fourth-order valence-electron chi connectivity index (χ4n) is 2.57. The zero-order valence-corrected chi connectivity index (χ0v) is 13.9. The molecule has 2 fully saturated rings. The average molecular weight is 328 g/mol. The Morgan fingerprint density at radius 2 is 2.15 bits per heavy atom. The van der Waals surface area contributed by atoms with Crippen LogP contribution in [0.25, 0.3) is 0 Å². The Morgan fingerprint density at radius 3 is 2.65 bits per heavy atom. The standard InChI is InChI=1S/C12H25N3O3S.ClH/c1-15(8-11-4-5-11)19(16,17)14-9-12(10-18-2)6-3-7-13-12;/h11,13-14H,3-10H2,1-2H3;1H. The molecule has 0 amide bonds. The van der Waals surface area contributed by atoms with E-state index in [4.69, 9.17) is 4.74 Å². The second kappa shape index (κ2) is 7.38. The first-order chi connectivity index (χ1) is 8.97. The molecule has 0 radical (unpaired) electrons. The molecule has 0 spiro atoms. The van der Waals surface area contributed by atoms with E-state index in [0.29, 0.717) is 25.6 Å². The molecule has 0 bridgehead atoms.